The molecule has 0 atom stereocenters. The minimum Gasteiger partial charge on any atom is -0.321 e. The number of carbonyl (C=O) groups excluding carboxylic acids is 1. The first-order valence-corrected chi connectivity index (χ1v) is 7.88. The van der Waals surface area contributed by atoms with Crippen LogP contribution in [0, 0.1) is 13.8 Å². The van der Waals surface area contributed by atoms with Crippen molar-refractivity contribution in [3.63, 3.8) is 0 Å². The molecule has 0 fully saturated rings. The molecule has 0 aliphatic heterocycles. The Balaban J connectivity index is 2.36. The number of benzene rings is 2. The van der Waals surface area contributed by atoms with E-state index in [1.165, 1.54) is 0 Å². The average Bonchev–Trinajstić information content (AvgIpc) is 2.36. The summed E-state index contributed by atoms with van der Waals surface area (Å²) in [7, 11) is 0. The Kier molecular flexibility index (Phi) is 4.89. The molecule has 104 valence electrons. The highest BCUT2D eigenvalue weighted by molar-refractivity contribution is 9.10. The summed E-state index contributed by atoms with van der Waals surface area (Å²) in [6.45, 7) is 3.91. The van der Waals surface area contributed by atoms with E-state index in [0.29, 0.717) is 15.1 Å². The Labute approximate surface area is 139 Å². The third-order valence-corrected chi connectivity index (χ3v) is 4.69. The van der Waals surface area contributed by atoms with E-state index in [9.17, 15) is 4.79 Å². The lowest BCUT2D eigenvalue weighted by Gasteiger charge is -2.13. The first-order chi connectivity index (χ1) is 9.40. The van der Waals surface area contributed by atoms with Gasteiger partial charge in [-0.05, 0) is 65.2 Å². The quantitative estimate of drug-likeness (QED) is 0.664. The lowest BCUT2D eigenvalue weighted by molar-refractivity contribution is 0.102. The number of amides is 1. The van der Waals surface area contributed by atoms with Gasteiger partial charge in [0.05, 0.1) is 10.6 Å². The van der Waals surface area contributed by atoms with Crippen LogP contribution in [0.2, 0.25) is 5.02 Å². The number of nitrogens with one attached hydrogen (secondary N) is 1. The maximum Gasteiger partial charge on any atom is 0.257 e. The van der Waals surface area contributed by atoms with E-state index in [0.717, 1.165) is 21.3 Å². The maximum absolute atomic E-state index is 12.3. The van der Waals surface area contributed by atoms with Crippen LogP contribution >= 0.6 is 43.5 Å². The number of halogens is 3. The lowest BCUT2D eigenvalue weighted by Crippen LogP contribution is -2.14. The number of hydrogen-bond donors (Lipinski definition) is 1. The van der Waals surface area contributed by atoms with Gasteiger partial charge in [0.15, 0.2) is 0 Å². The summed E-state index contributed by atoms with van der Waals surface area (Å²) in [4.78, 5) is 12.3. The molecule has 0 bridgehead atoms. The molecular formula is C15H12Br2ClNO. The van der Waals surface area contributed by atoms with Crippen molar-refractivity contribution in [1.29, 1.82) is 0 Å². The second-order valence-electron chi connectivity index (χ2n) is 4.47. The molecule has 0 heterocycles. The Morgan fingerprint density at radius 2 is 1.75 bits per heavy atom. The molecule has 2 aromatic carbocycles. The van der Waals surface area contributed by atoms with E-state index in [1.54, 1.807) is 18.2 Å². The minimum absolute atomic E-state index is 0.218. The standard InChI is InChI=1S/C15H12Br2ClNO/c1-8-6-10(16)7-9(2)14(8)19-15(20)11-4-3-5-12(17)13(11)18/h3-7H,1-2H3,(H,19,20). The van der Waals surface area contributed by atoms with Crippen LogP contribution in [0.4, 0.5) is 5.69 Å². The van der Waals surface area contributed by atoms with Crippen LogP contribution in [0.1, 0.15) is 21.5 Å². The Hall–Kier alpha value is -0.840. The lowest BCUT2D eigenvalue weighted by atomic mass is 10.1. The molecule has 5 heteroatoms. The molecule has 1 amide bonds. The van der Waals surface area contributed by atoms with Crippen LogP contribution < -0.4 is 5.32 Å². The molecule has 0 saturated carbocycles. The molecular weight excluding hydrogens is 405 g/mol. The zero-order chi connectivity index (χ0) is 14.9. The van der Waals surface area contributed by atoms with Crippen LogP contribution in [0.3, 0.4) is 0 Å². The highest BCUT2D eigenvalue weighted by Gasteiger charge is 2.14. The predicted molar refractivity (Wildman–Crippen MR) is 90.7 cm³/mol. The summed E-state index contributed by atoms with van der Waals surface area (Å²) in [6.07, 6.45) is 0. The van der Waals surface area contributed by atoms with Crippen LogP contribution in [0.15, 0.2) is 39.3 Å². The van der Waals surface area contributed by atoms with Crippen LogP contribution in [-0.4, -0.2) is 5.91 Å². The Bertz CT molecular complexity index is 663. The van der Waals surface area contributed by atoms with Crippen LogP contribution in [0.25, 0.3) is 0 Å². The number of anilines is 1. The van der Waals surface area contributed by atoms with Gasteiger partial charge in [-0.3, -0.25) is 4.79 Å². The summed E-state index contributed by atoms with van der Waals surface area (Å²) in [5, 5.41) is 3.34. The number of hydrogen-bond acceptors (Lipinski definition) is 1. The predicted octanol–water partition coefficient (Wildman–Crippen LogP) is 5.73. The number of rotatable bonds is 2. The zero-order valence-corrected chi connectivity index (χ0v) is 14.9. The molecule has 2 nitrogen and oxygen atoms in total. The van der Waals surface area contributed by atoms with Crippen molar-refractivity contribution in [1.82, 2.24) is 0 Å². The van der Waals surface area contributed by atoms with Crippen molar-refractivity contribution in [2.24, 2.45) is 0 Å². The van der Waals surface area contributed by atoms with Crippen LogP contribution in [-0.2, 0) is 0 Å². The highest BCUT2D eigenvalue weighted by atomic mass is 79.9. The highest BCUT2D eigenvalue weighted by Crippen LogP contribution is 2.29. The van der Waals surface area contributed by atoms with Crippen molar-refractivity contribution in [2.75, 3.05) is 5.32 Å². The normalized spacial score (nSPS) is 10.4. The van der Waals surface area contributed by atoms with Gasteiger partial charge in [0.25, 0.3) is 5.91 Å². The van der Waals surface area contributed by atoms with Crippen molar-refractivity contribution >= 4 is 55.1 Å². The SMILES string of the molecule is Cc1cc(Br)cc(C)c1NC(=O)c1cccc(Br)c1Cl. The van der Waals surface area contributed by atoms with Crippen molar-refractivity contribution < 1.29 is 4.79 Å². The number of carbonyl (C=O) groups is 1. The largest absolute Gasteiger partial charge is 0.321 e. The third-order valence-electron chi connectivity index (χ3n) is 2.93. The monoisotopic (exact) mass is 415 g/mol. The van der Waals surface area contributed by atoms with E-state index >= 15 is 0 Å². The topological polar surface area (TPSA) is 29.1 Å². The minimum atomic E-state index is -0.218. The van der Waals surface area contributed by atoms with Gasteiger partial charge in [-0.1, -0.05) is 33.6 Å². The molecule has 2 rings (SSSR count). The van der Waals surface area contributed by atoms with E-state index < -0.39 is 0 Å². The molecule has 20 heavy (non-hydrogen) atoms. The molecule has 0 radical (unpaired) electrons. The fourth-order valence-corrected chi connectivity index (χ4v) is 3.23. The fraction of sp³-hybridized carbons (Fsp3) is 0.133. The zero-order valence-electron chi connectivity index (χ0n) is 10.9. The molecule has 1 N–H and O–H groups in total. The smallest absolute Gasteiger partial charge is 0.257 e. The summed E-state index contributed by atoms with van der Waals surface area (Å²) in [6, 6.07) is 9.21. The van der Waals surface area contributed by atoms with Gasteiger partial charge in [0.2, 0.25) is 0 Å². The molecule has 0 unspecified atom stereocenters. The molecule has 0 aromatic heterocycles. The van der Waals surface area contributed by atoms with Gasteiger partial charge < -0.3 is 5.32 Å². The van der Waals surface area contributed by atoms with Crippen molar-refractivity contribution in [3.8, 4) is 0 Å². The van der Waals surface area contributed by atoms with E-state index in [2.05, 4.69) is 37.2 Å². The van der Waals surface area contributed by atoms with Crippen molar-refractivity contribution in [2.45, 2.75) is 13.8 Å². The second-order valence-corrected chi connectivity index (χ2v) is 6.62. The van der Waals surface area contributed by atoms with E-state index in [4.69, 9.17) is 11.6 Å². The first-order valence-electron chi connectivity index (χ1n) is 5.92. The Morgan fingerprint density at radius 1 is 1.15 bits per heavy atom. The van der Waals surface area contributed by atoms with Crippen molar-refractivity contribution in [3.05, 3.63) is 61.0 Å². The van der Waals surface area contributed by atoms with Gasteiger partial charge in [-0.25, -0.2) is 0 Å². The van der Waals surface area contributed by atoms with Crippen LogP contribution in [0.5, 0.6) is 0 Å². The van der Waals surface area contributed by atoms with Gasteiger partial charge in [-0.15, -0.1) is 0 Å². The summed E-state index contributed by atoms with van der Waals surface area (Å²) in [5.41, 5.74) is 3.25. The molecule has 2 aromatic rings. The van der Waals surface area contributed by atoms with Gasteiger partial charge in [-0.2, -0.15) is 0 Å². The molecule has 0 saturated heterocycles. The van der Waals surface area contributed by atoms with Gasteiger partial charge in [0, 0.05) is 14.6 Å². The maximum atomic E-state index is 12.3. The Morgan fingerprint density at radius 3 is 2.35 bits per heavy atom. The summed E-state index contributed by atoms with van der Waals surface area (Å²) < 4.78 is 1.70. The average molecular weight is 418 g/mol. The summed E-state index contributed by atoms with van der Waals surface area (Å²) in [5.74, 6) is -0.218. The third kappa shape index (κ3) is 3.25. The van der Waals surface area contributed by atoms with E-state index in [-0.39, 0.29) is 5.91 Å². The first kappa shape index (κ1) is 15.5. The van der Waals surface area contributed by atoms with E-state index in [1.807, 2.05) is 26.0 Å². The fourth-order valence-electron chi connectivity index (χ4n) is 1.97. The van der Waals surface area contributed by atoms with Gasteiger partial charge >= 0.3 is 0 Å². The summed E-state index contributed by atoms with van der Waals surface area (Å²) >= 11 is 12.9. The number of aryl methyl sites for hydroxylation is 2. The molecule has 0 aliphatic rings. The molecule has 0 aliphatic carbocycles. The molecule has 0 spiro atoms. The second kappa shape index (κ2) is 6.29. The van der Waals surface area contributed by atoms with Gasteiger partial charge in [0.1, 0.15) is 0 Å².